The Hall–Kier alpha value is -2.81. The van der Waals surface area contributed by atoms with Gasteiger partial charge in [0.15, 0.2) is 0 Å². The standard InChI is InChI=1S/C22H22O3/c1-22(2,3)19-10-8-15(9-11-19)20-13-18(14-25-20)16-6-5-7-17(12-16)21(23)24-4/h5-14H,1-4H3. The van der Waals surface area contributed by atoms with Crippen molar-refractivity contribution in [2.45, 2.75) is 26.2 Å². The molecule has 0 amide bonds. The molecule has 0 saturated heterocycles. The lowest BCUT2D eigenvalue weighted by atomic mass is 9.86. The summed E-state index contributed by atoms with van der Waals surface area (Å²) in [5.74, 6) is 0.460. The molecule has 0 aliphatic heterocycles. The monoisotopic (exact) mass is 334 g/mol. The Morgan fingerprint density at radius 2 is 1.64 bits per heavy atom. The van der Waals surface area contributed by atoms with E-state index in [-0.39, 0.29) is 11.4 Å². The van der Waals surface area contributed by atoms with E-state index in [2.05, 4.69) is 45.0 Å². The SMILES string of the molecule is COC(=O)c1cccc(-c2coc(-c3ccc(C(C)(C)C)cc3)c2)c1. The van der Waals surface area contributed by atoms with Crippen LogP contribution in [0.4, 0.5) is 0 Å². The second kappa shape index (κ2) is 6.60. The van der Waals surface area contributed by atoms with E-state index in [1.807, 2.05) is 24.3 Å². The molecular formula is C22H22O3. The molecular weight excluding hydrogens is 312 g/mol. The van der Waals surface area contributed by atoms with Crippen LogP contribution < -0.4 is 0 Å². The minimum atomic E-state index is -0.344. The number of methoxy groups -OCH3 is 1. The quantitative estimate of drug-likeness (QED) is 0.577. The van der Waals surface area contributed by atoms with E-state index in [1.165, 1.54) is 12.7 Å². The van der Waals surface area contributed by atoms with E-state index in [0.717, 1.165) is 22.5 Å². The van der Waals surface area contributed by atoms with Crippen molar-refractivity contribution >= 4 is 5.97 Å². The molecule has 3 rings (SSSR count). The number of benzene rings is 2. The molecule has 0 aliphatic rings. The van der Waals surface area contributed by atoms with Crippen molar-refractivity contribution in [3.63, 3.8) is 0 Å². The van der Waals surface area contributed by atoms with Gasteiger partial charge in [0, 0.05) is 11.1 Å². The van der Waals surface area contributed by atoms with Crippen molar-refractivity contribution in [2.24, 2.45) is 0 Å². The molecule has 2 aromatic carbocycles. The second-order valence-corrected chi connectivity index (χ2v) is 7.10. The number of furan rings is 1. The first-order valence-electron chi connectivity index (χ1n) is 8.27. The topological polar surface area (TPSA) is 39.4 Å². The Labute approximate surface area is 148 Å². The van der Waals surface area contributed by atoms with Crippen LogP contribution in [0.2, 0.25) is 0 Å². The lowest BCUT2D eigenvalue weighted by molar-refractivity contribution is 0.0601. The molecule has 0 radical (unpaired) electrons. The van der Waals surface area contributed by atoms with Crippen molar-refractivity contribution in [1.82, 2.24) is 0 Å². The van der Waals surface area contributed by atoms with Crippen LogP contribution >= 0.6 is 0 Å². The van der Waals surface area contributed by atoms with Gasteiger partial charge in [-0.25, -0.2) is 4.79 Å². The van der Waals surface area contributed by atoms with Gasteiger partial charge in [-0.2, -0.15) is 0 Å². The predicted molar refractivity (Wildman–Crippen MR) is 99.6 cm³/mol. The van der Waals surface area contributed by atoms with Gasteiger partial charge in [-0.15, -0.1) is 0 Å². The summed E-state index contributed by atoms with van der Waals surface area (Å²) in [7, 11) is 1.38. The molecule has 0 fully saturated rings. The molecule has 3 heteroatoms. The van der Waals surface area contributed by atoms with Gasteiger partial charge in [0.1, 0.15) is 5.76 Å². The van der Waals surface area contributed by atoms with Crippen molar-refractivity contribution in [3.05, 3.63) is 72.0 Å². The normalized spacial score (nSPS) is 11.4. The third kappa shape index (κ3) is 3.66. The predicted octanol–water partition coefficient (Wildman–Crippen LogP) is 5.70. The number of rotatable bonds is 3. The summed E-state index contributed by atoms with van der Waals surface area (Å²) in [5.41, 5.74) is 4.82. The number of hydrogen-bond donors (Lipinski definition) is 0. The summed E-state index contributed by atoms with van der Waals surface area (Å²) in [4.78, 5) is 11.7. The number of ether oxygens (including phenoxy) is 1. The molecule has 0 unspecified atom stereocenters. The molecule has 3 nitrogen and oxygen atoms in total. The van der Waals surface area contributed by atoms with Gasteiger partial charge in [0.25, 0.3) is 0 Å². The lowest BCUT2D eigenvalue weighted by Gasteiger charge is -2.18. The third-order valence-corrected chi connectivity index (χ3v) is 4.25. The summed E-state index contributed by atoms with van der Waals surface area (Å²) in [5, 5.41) is 0. The van der Waals surface area contributed by atoms with Gasteiger partial charge < -0.3 is 9.15 Å². The van der Waals surface area contributed by atoms with Crippen LogP contribution in [-0.2, 0) is 10.2 Å². The molecule has 3 aromatic rings. The fourth-order valence-corrected chi connectivity index (χ4v) is 2.72. The first-order chi connectivity index (χ1) is 11.9. The maximum Gasteiger partial charge on any atom is 0.337 e. The minimum absolute atomic E-state index is 0.126. The minimum Gasteiger partial charge on any atom is -0.465 e. The van der Waals surface area contributed by atoms with Crippen LogP contribution in [0.15, 0.2) is 65.3 Å². The Morgan fingerprint density at radius 1 is 0.920 bits per heavy atom. The largest absolute Gasteiger partial charge is 0.465 e. The average molecular weight is 334 g/mol. The van der Waals surface area contributed by atoms with Crippen LogP contribution in [0, 0.1) is 0 Å². The van der Waals surface area contributed by atoms with Crippen LogP contribution in [0.1, 0.15) is 36.7 Å². The summed E-state index contributed by atoms with van der Waals surface area (Å²) in [6.07, 6.45) is 1.71. The molecule has 128 valence electrons. The summed E-state index contributed by atoms with van der Waals surface area (Å²) < 4.78 is 10.5. The van der Waals surface area contributed by atoms with E-state index in [9.17, 15) is 4.79 Å². The highest BCUT2D eigenvalue weighted by molar-refractivity contribution is 5.91. The molecule has 1 aromatic heterocycles. The van der Waals surface area contributed by atoms with Crippen molar-refractivity contribution in [1.29, 1.82) is 0 Å². The maximum atomic E-state index is 11.7. The Balaban J connectivity index is 1.89. The number of esters is 1. The fourth-order valence-electron chi connectivity index (χ4n) is 2.72. The van der Waals surface area contributed by atoms with E-state index in [1.54, 1.807) is 12.3 Å². The van der Waals surface area contributed by atoms with Crippen molar-refractivity contribution in [2.75, 3.05) is 7.11 Å². The second-order valence-electron chi connectivity index (χ2n) is 7.10. The molecule has 0 saturated carbocycles. The van der Waals surface area contributed by atoms with Gasteiger partial charge in [-0.05, 0) is 34.7 Å². The molecule has 0 spiro atoms. The summed E-state index contributed by atoms with van der Waals surface area (Å²) in [6, 6.07) is 17.7. The van der Waals surface area contributed by atoms with Crippen molar-refractivity contribution < 1.29 is 13.9 Å². The van der Waals surface area contributed by atoms with E-state index >= 15 is 0 Å². The number of carbonyl (C=O) groups excluding carboxylic acids is 1. The highest BCUT2D eigenvalue weighted by Crippen LogP contribution is 2.31. The zero-order chi connectivity index (χ0) is 18.0. The molecule has 0 aliphatic carbocycles. The molecule has 1 heterocycles. The highest BCUT2D eigenvalue weighted by atomic mass is 16.5. The highest BCUT2D eigenvalue weighted by Gasteiger charge is 2.14. The number of hydrogen-bond acceptors (Lipinski definition) is 3. The van der Waals surface area contributed by atoms with Crippen LogP contribution in [-0.4, -0.2) is 13.1 Å². The van der Waals surface area contributed by atoms with Crippen molar-refractivity contribution in [3.8, 4) is 22.5 Å². The summed E-state index contributed by atoms with van der Waals surface area (Å²) in [6.45, 7) is 6.59. The molecule has 0 atom stereocenters. The van der Waals surface area contributed by atoms with Gasteiger partial charge in [-0.1, -0.05) is 57.2 Å². The van der Waals surface area contributed by atoms with Gasteiger partial charge >= 0.3 is 5.97 Å². The van der Waals surface area contributed by atoms with Gasteiger partial charge in [0.2, 0.25) is 0 Å². The van der Waals surface area contributed by atoms with E-state index < -0.39 is 0 Å². The molecule has 25 heavy (non-hydrogen) atoms. The first-order valence-corrected chi connectivity index (χ1v) is 8.27. The Morgan fingerprint density at radius 3 is 2.28 bits per heavy atom. The summed E-state index contributed by atoms with van der Waals surface area (Å²) >= 11 is 0. The third-order valence-electron chi connectivity index (χ3n) is 4.25. The lowest BCUT2D eigenvalue weighted by Crippen LogP contribution is -2.10. The van der Waals surface area contributed by atoms with Gasteiger partial charge in [0.05, 0.1) is 18.9 Å². The average Bonchev–Trinajstić information content (AvgIpc) is 3.10. The zero-order valence-electron chi connectivity index (χ0n) is 15.0. The van der Waals surface area contributed by atoms with Crippen LogP contribution in [0.3, 0.4) is 0 Å². The smallest absolute Gasteiger partial charge is 0.337 e. The maximum absolute atomic E-state index is 11.7. The Bertz CT molecular complexity index is 880. The number of carbonyl (C=O) groups is 1. The van der Waals surface area contributed by atoms with E-state index in [4.69, 9.17) is 9.15 Å². The first kappa shape index (κ1) is 17.0. The Kier molecular flexibility index (Phi) is 4.49. The van der Waals surface area contributed by atoms with Crippen LogP contribution in [0.5, 0.6) is 0 Å². The molecule has 0 N–H and O–H groups in total. The van der Waals surface area contributed by atoms with Crippen LogP contribution in [0.25, 0.3) is 22.5 Å². The van der Waals surface area contributed by atoms with E-state index in [0.29, 0.717) is 5.56 Å². The fraction of sp³-hybridized carbons (Fsp3) is 0.227. The zero-order valence-corrected chi connectivity index (χ0v) is 15.0. The molecule has 0 bridgehead atoms. The van der Waals surface area contributed by atoms with Gasteiger partial charge in [-0.3, -0.25) is 0 Å².